The molecule has 5 rings (SSSR count). The average molecular weight is 603 g/mol. The van der Waals surface area contributed by atoms with Crippen molar-refractivity contribution in [2.75, 3.05) is 11.6 Å². The summed E-state index contributed by atoms with van der Waals surface area (Å²) in [6.45, 7) is -0.220. The highest BCUT2D eigenvalue weighted by Gasteiger charge is 2.51. The highest BCUT2D eigenvalue weighted by atomic mass is 35.5. The molecule has 1 aliphatic carbocycles. The van der Waals surface area contributed by atoms with E-state index in [-0.39, 0.29) is 51.2 Å². The monoisotopic (exact) mass is 602 g/mol. The Morgan fingerprint density at radius 3 is 2.68 bits per heavy atom. The third-order valence-corrected chi connectivity index (χ3v) is 10.5. The van der Waals surface area contributed by atoms with Crippen LogP contribution in [0, 0.1) is 17.7 Å². The van der Waals surface area contributed by atoms with Crippen LogP contribution >= 0.6 is 22.9 Å². The molecule has 38 heavy (non-hydrogen) atoms. The molecule has 0 radical (unpaired) electrons. The quantitative estimate of drug-likeness (QED) is 0.484. The number of amidine groups is 1. The number of sulfonamides is 2. The molecule has 1 saturated carbocycles. The van der Waals surface area contributed by atoms with E-state index in [1.807, 2.05) is 0 Å². The smallest absolute Gasteiger partial charge is 0.287 e. The van der Waals surface area contributed by atoms with Crippen LogP contribution in [-0.2, 0) is 42.7 Å². The number of ketones is 1. The molecule has 3 unspecified atom stereocenters. The van der Waals surface area contributed by atoms with Gasteiger partial charge in [0.25, 0.3) is 10.0 Å². The number of anilines is 1. The molecule has 15 heteroatoms. The summed E-state index contributed by atoms with van der Waals surface area (Å²) in [6, 6.07) is 3.50. The van der Waals surface area contributed by atoms with Crippen molar-refractivity contribution in [3.8, 4) is 0 Å². The summed E-state index contributed by atoms with van der Waals surface area (Å²) < 4.78 is 69.1. The molecule has 3 heterocycles. The second kappa shape index (κ2) is 9.97. The Kier molecular flexibility index (Phi) is 7.14. The number of likely N-dealkylation sites (tertiary alicyclic amines) is 1. The molecular weight excluding hydrogens is 579 g/mol. The summed E-state index contributed by atoms with van der Waals surface area (Å²) >= 11 is 7.24. The number of hydrogen-bond acceptors (Lipinski definition) is 8. The molecule has 2 N–H and O–H groups in total. The number of piperidine rings is 1. The topological polar surface area (TPSA) is 142 Å². The Labute approximate surface area is 228 Å². The van der Waals surface area contributed by atoms with Gasteiger partial charge in [0.05, 0.1) is 6.26 Å². The standard InChI is InChI=1S/C23H24ClFN4O6S3/c1-37(32,33)26-9-13-11-36-22-20(13)38(34,35)28-21(27-22)18-19(30)15-4-2-3-5-17(15)29(23(18)31)10-12-6-7-14(25)8-16(12)24/h6-8,11,15,17-18,26H,2-5,9-10H2,1H3,(H,27,28). The van der Waals surface area contributed by atoms with Gasteiger partial charge in [0.1, 0.15) is 21.5 Å². The van der Waals surface area contributed by atoms with Crippen LogP contribution in [0.15, 0.2) is 32.9 Å². The van der Waals surface area contributed by atoms with Crippen molar-refractivity contribution in [2.24, 2.45) is 16.2 Å². The van der Waals surface area contributed by atoms with Crippen LogP contribution in [-0.4, -0.2) is 51.6 Å². The minimum atomic E-state index is -4.34. The van der Waals surface area contributed by atoms with Crippen LogP contribution < -0.4 is 10.0 Å². The van der Waals surface area contributed by atoms with E-state index in [2.05, 4.69) is 14.4 Å². The van der Waals surface area contributed by atoms with E-state index in [4.69, 9.17) is 11.6 Å². The van der Waals surface area contributed by atoms with Crippen LogP contribution in [0.5, 0.6) is 0 Å². The lowest BCUT2D eigenvalue weighted by molar-refractivity contribution is -0.152. The average Bonchev–Trinajstić information content (AvgIpc) is 3.25. The van der Waals surface area contributed by atoms with Crippen LogP contribution in [0.3, 0.4) is 0 Å². The first kappa shape index (κ1) is 27.2. The van der Waals surface area contributed by atoms with E-state index < -0.39 is 43.6 Å². The molecule has 1 aromatic heterocycles. The summed E-state index contributed by atoms with van der Waals surface area (Å²) in [5, 5.41) is 4.65. The third kappa shape index (κ3) is 5.11. The van der Waals surface area contributed by atoms with Crippen molar-refractivity contribution < 1.29 is 30.8 Å². The molecule has 1 saturated heterocycles. The van der Waals surface area contributed by atoms with Gasteiger partial charge in [-0.1, -0.05) is 30.5 Å². The number of carbonyl (C=O) groups is 2. The third-order valence-electron chi connectivity index (χ3n) is 7.00. The van der Waals surface area contributed by atoms with Crippen LogP contribution in [0.1, 0.15) is 36.8 Å². The number of amides is 1. The van der Waals surface area contributed by atoms with Gasteiger partial charge in [-0.2, -0.15) is 8.42 Å². The van der Waals surface area contributed by atoms with Crippen LogP contribution in [0.4, 0.5) is 9.39 Å². The van der Waals surface area contributed by atoms with Gasteiger partial charge in [0, 0.05) is 35.6 Å². The highest BCUT2D eigenvalue weighted by molar-refractivity contribution is 7.91. The number of halogens is 2. The number of benzene rings is 1. The van der Waals surface area contributed by atoms with Crippen molar-refractivity contribution in [3.05, 3.63) is 45.5 Å². The number of carbonyl (C=O) groups excluding carboxylic acids is 2. The number of hydrogen-bond donors (Lipinski definition) is 2. The molecular formula is C23H24ClFN4O6S3. The molecule has 0 spiro atoms. The zero-order chi connectivity index (χ0) is 27.4. The molecule has 1 aromatic carbocycles. The fraction of sp³-hybridized carbons (Fsp3) is 0.435. The van der Waals surface area contributed by atoms with E-state index in [1.54, 1.807) is 0 Å². The number of nitrogens with one attached hydrogen (secondary N) is 2. The number of nitrogens with zero attached hydrogens (tertiary/aromatic N) is 2. The summed E-state index contributed by atoms with van der Waals surface area (Å²) in [5.41, 5.74) is 0.709. The maximum atomic E-state index is 13.8. The number of rotatable bonds is 6. The van der Waals surface area contributed by atoms with E-state index in [1.165, 1.54) is 22.4 Å². The van der Waals surface area contributed by atoms with E-state index >= 15 is 0 Å². The molecule has 2 aromatic rings. The first-order valence-electron chi connectivity index (χ1n) is 11.8. The second-order valence-electron chi connectivity index (χ2n) is 9.58. The molecule has 0 bridgehead atoms. The predicted octanol–water partition coefficient (Wildman–Crippen LogP) is 2.89. The van der Waals surface area contributed by atoms with Gasteiger partial charge >= 0.3 is 0 Å². The van der Waals surface area contributed by atoms with E-state index in [0.29, 0.717) is 18.4 Å². The molecule has 1 amide bonds. The molecule has 204 valence electrons. The largest absolute Gasteiger partial charge is 0.334 e. The minimum Gasteiger partial charge on any atom is -0.334 e. The van der Waals surface area contributed by atoms with Gasteiger partial charge in [-0.25, -0.2) is 17.5 Å². The van der Waals surface area contributed by atoms with Gasteiger partial charge in [-0.05, 0) is 35.9 Å². The van der Waals surface area contributed by atoms with Crippen LogP contribution in [0.25, 0.3) is 0 Å². The molecule has 2 aliphatic heterocycles. The normalized spacial score (nSPS) is 24.9. The lowest BCUT2D eigenvalue weighted by atomic mass is 9.73. The lowest BCUT2D eigenvalue weighted by Crippen LogP contribution is -2.60. The minimum absolute atomic E-state index is 0.0362. The SMILES string of the molecule is CS(=O)(=O)NCc1csc2c1S(=O)(=O)N=C(C1C(=O)C3CCCCC3N(Cc3ccc(F)cc3Cl)C1=O)N2. The lowest BCUT2D eigenvalue weighted by Gasteiger charge is -2.46. The molecule has 3 atom stereocenters. The number of fused-ring (bicyclic) bond motifs is 2. The molecule has 2 fully saturated rings. The Bertz CT molecular complexity index is 1570. The Balaban J connectivity index is 1.50. The number of thiophene rings is 1. The summed E-state index contributed by atoms with van der Waals surface area (Å²) in [4.78, 5) is 28.8. The van der Waals surface area contributed by atoms with Gasteiger partial charge in [-0.15, -0.1) is 15.7 Å². The zero-order valence-corrected chi connectivity index (χ0v) is 23.3. The van der Waals surface area contributed by atoms with Crippen molar-refractivity contribution >= 4 is 65.5 Å². The van der Waals surface area contributed by atoms with Gasteiger partial charge in [0.2, 0.25) is 15.9 Å². The molecule has 3 aliphatic rings. The molecule has 10 nitrogen and oxygen atoms in total. The first-order valence-corrected chi connectivity index (χ1v) is 16.4. The van der Waals surface area contributed by atoms with Gasteiger partial charge < -0.3 is 10.2 Å². The Morgan fingerprint density at radius 1 is 1.24 bits per heavy atom. The summed E-state index contributed by atoms with van der Waals surface area (Å²) in [5.74, 6) is -3.75. The van der Waals surface area contributed by atoms with Crippen molar-refractivity contribution in [3.63, 3.8) is 0 Å². The van der Waals surface area contributed by atoms with Gasteiger partial charge in [-0.3, -0.25) is 9.59 Å². The van der Waals surface area contributed by atoms with Gasteiger partial charge in [0.15, 0.2) is 11.7 Å². The summed E-state index contributed by atoms with van der Waals surface area (Å²) in [7, 11) is -7.92. The Hall–Kier alpha value is -2.39. The van der Waals surface area contributed by atoms with E-state index in [9.17, 15) is 30.8 Å². The highest BCUT2D eigenvalue weighted by Crippen LogP contribution is 2.41. The van der Waals surface area contributed by atoms with E-state index in [0.717, 1.165) is 36.5 Å². The van der Waals surface area contributed by atoms with Crippen LogP contribution in [0.2, 0.25) is 5.02 Å². The fourth-order valence-electron chi connectivity index (χ4n) is 5.28. The second-order valence-corrected chi connectivity index (χ2v) is 14.2. The predicted molar refractivity (Wildman–Crippen MR) is 140 cm³/mol. The maximum absolute atomic E-state index is 13.8. The number of Topliss-reactive ketones (excluding diaryl/α,β-unsaturated/α-hetero) is 1. The maximum Gasteiger partial charge on any atom is 0.287 e. The zero-order valence-electron chi connectivity index (χ0n) is 20.1. The van der Waals surface area contributed by atoms with Crippen molar-refractivity contribution in [2.45, 2.75) is 49.7 Å². The Morgan fingerprint density at radius 2 is 1.97 bits per heavy atom. The first-order chi connectivity index (χ1) is 17.9. The fourth-order valence-corrected chi connectivity index (χ4v) is 8.57. The van der Waals surface area contributed by atoms with Crippen molar-refractivity contribution in [1.29, 1.82) is 0 Å². The summed E-state index contributed by atoms with van der Waals surface area (Å²) in [6.07, 6.45) is 3.74. The van der Waals surface area contributed by atoms with Crippen molar-refractivity contribution in [1.82, 2.24) is 9.62 Å².